The summed E-state index contributed by atoms with van der Waals surface area (Å²) in [7, 11) is 0. The van der Waals surface area contributed by atoms with Crippen molar-refractivity contribution in [2.45, 2.75) is 33.2 Å². The van der Waals surface area contributed by atoms with Gasteiger partial charge in [-0.1, -0.05) is 19.0 Å². The van der Waals surface area contributed by atoms with Crippen molar-refractivity contribution < 1.29 is 4.52 Å². The second-order valence-corrected chi connectivity index (χ2v) is 4.60. The summed E-state index contributed by atoms with van der Waals surface area (Å²) in [5.41, 5.74) is 0.525. The summed E-state index contributed by atoms with van der Waals surface area (Å²) in [6.45, 7) is 5.90. The number of hydrogen-bond donors (Lipinski definition) is 0. The first-order valence-corrected chi connectivity index (χ1v) is 5.96. The minimum absolute atomic E-state index is 0.109. The number of pyridine rings is 1. The van der Waals surface area contributed by atoms with Crippen LogP contribution in [0.1, 0.15) is 42.7 Å². The number of nitrogens with zero attached hydrogens (tertiary/aromatic N) is 4. The Hall–Kier alpha value is -2.42. The first-order chi connectivity index (χ1) is 9.02. The predicted molar refractivity (Wildman–Crippen MR) is 67.6 cm³/mol. The fourth-order valence-corrected chi connectivity index (χ4v) is 1.66. The predicted octanol–water partition coefficient (Wildman–Crippen LogP) is 1.58. The van der Waals surface area contributed by atoms with Crippen LogP contribution < -0.4 is 5.56 Å². The highest BCUT2D eigenvalue weighted by Crippen LogP contribution is 2.11. The molecule has 0 aliphatic rings. The maximum Gasteiger partial charge on any atom is 0.269 e. The van der Waals surface area contributed by atoms with Crippen LogP contribution in [0.15, 0.2) is 21.5 Å². The van der Waals surface area contributed by atoms with Gasteiger partial charge in [-0.3, -0.25) is 4.79 Å². The van der Waals surface area contributed by atoms with Crippen LogP contribution >= 0.6 is 0 Å². The molecule has 0 aliphatic carbocycles. The molecule has 0 aliphatic heterocycles. The maximum absolute atomic E-state index is 12.0. The first-order valence-electron chi connectivity index (χ1n) is 5.96. The number of aryl methyl sites for hydroxylation is 1. The molecular formula is C13H14N4O2. The SMILES string of the molecule is Cc1ccc(C#N)c(=O)n1Cc1noc(C(C)C)n1. The minimum Gasteiger partial charge on any atom is -0.339 e. The van der Waals surface area contributed by atoms with Gasteiger partial charge >= 0.3 is 0 Å². The third-order valence-electron chi connectivity index (χ3n) is 2.79. The van der Waals surface area contributed by atoms with Gasteiger partial charge in [0.15, 0.2) is 5.82 Å². The second kappa shape index (κ2) is 5.06. The molecule has 0 aromatic carbocycles. The topological polar surface area (TPSA) is 84.7 Å². The third kappa shape index (κ3) is 2.55. The largest absolute Gasteiger partial charge is 0.339 e. The Balaban J connectivity index is 2.38. The fraction of sp³-hybridized carbons (Fsp3) is 0.385. The first kappa shape index (κ1) is 13.0. The van der Waals surface area contributed by atoms with E-state index in [1.807, 2.05) is 19.9 Å². The van der Waals surface area contributed by atoms with Crippen molar-refractivity contribution in [3.8, 4) is 6.07 Å². The van der Waals surface area contributed by atoms with Crippen LogP contribution in [0.4, 0.5) is 0 Å². The molecule has 0 radical (unpaired) electrons. The Morgan fingerprint density at radius 1 is 1.47 bits per heavy atom. The molecule has 0 bridgehead atoms. The van der Waals surface area contributed by atoms with Crippen molar-refractivity contribution in [3.05, 3.63) is 45.5 Å². The molecule has 0 unspecified atom stereocenters. The summed E-state index contributed by atoms with van der Waals surface area (Å²) in [6.07, 6.45) is 0. The molecule has 19 heavy (non-hydrogen) atoms. The second-order valence-electron chi connectivity index (χ2n) is 4.60. The van der Waals surface area contributed by atoms with E-state index in [0.717, 1.165) is 5.69 Å². The van der Waals surface area contributed by atoms with Gasteiger partial charge in [0.25, 0.3) is 5.56 Å². The van der Waals surface area contributed by atoms with E-state index < -0.39 is 0 Å². The van der Waals surface area contributed by atoms with Gasteiger partial charge in [0.05, 0.1) is 6.54 Å². The van der Waals surface area contributed by atoms with E-state index in [9.17, 15) is 4.79 Å². The van der Waals surface area contributed by atoms with Crippen molar-refractivity contribution in [2.75, 3.05) is 0 Å². The molecule has 2 heterocycles. The molecule has 0 saturated heterocycles. The van der Waals surface area contributed by atoms with Crippen LogP contribution in [0.2, 0.25) is 0 Å². The Labute approximate surface area is 110 Å². The molecule has 0 atom stereocenters. The number of aromatic nitrogens is 3. The molecule has 2 rings (SSSR count). The normalized spacial score (nSPS) is 10.7. The summed E-state index contributed by atoms with van der Waals surface area (Å²) in [5, 5.41) is 12.7. The molecule has 0 fully saturated rings. The zero-order valence-electron chi connectivity index (χ0n) is 11.0. The lowest BCUT2D eigenvalue weighted by Crippen LogP contribution is -2.25. The molecule has 2 aromatic rings. The van der Waals surface area contributed by atoms with E-state index in [1.165, 1.54) is 10.6 Å². The Kier molecular flexibility index (Phi) is 3.47. The lowest BCUT2D eigenvalue weighted by atomic mass is 10.2. The van der Waals surface area contributed by atoms with E-state index in [0.29, 0.717) is 11.7 Å². The average molecular weight is 258 g/mol. The molecule has 6 nitrogen and oxygen atoms in total. The highest BCUT2D eigenvalue weighted by molar-refractivity contribution is 5.27. The lowest BCUT2D eigenvalue weighted by molar-refractivity contribution is 0.359. The summed E-state index contributed by atoms with van der Waals surface area (Å²) in [6, 6.07) is 5.12. The standard InChI is InChI=1S/C13H14N4O2/c1-8(2)12-15-11(16-19-12)7-17-9(3)4-5-10(6-14)13(17)18/h4-5,8H,7H2,1-3H3. The van der Waals surface area contributed by atoms with Gasteiger partial charge in [0, 0.05) is 11.6 Å². The summed E-state index contributed by atoms with van der Waals surface area (Å²) in [5.74, 6) is 1.12. The van der Waals surface area contributed by atoms with Crippen LogP contribution in [-0.2, 0) is 6.54 Å². The highest BCUT2D eigenvalue weighted by Gasteiger charge is 2.12. The van der Waals surface area contributed by atoms with E-state index in [2.05, 4.69) is 10.1 Å². The summed E-state index contributed by atoms with van der Waals surface area (Å²) in [4.78, 5) is 16.2. The minimum atomic E-state index is -0.335. The van der Waals surface area contributed by atoms with Crippen LogP contribution in [0.25, 0.3) is 0 Å². The molecule has 6 heteroatoms. The molecule has 2 aromatic heterocycles. The van der Waals surface area contributed by atoms with E-state index in [1.54, 1.807) is 13.0 Å². The zero-order valence-corrected chi connectivity index (χ0v) is 11.0. The van der Waals surface area contributed by atoms with Crippen molar-refractivity contribution in [1.82, 2.24) is 14.7 Å². The average Bonchev–Trinajstić information content (AvgIpc) is 2.83. The van der Waals surface area contributed by atoms with Crippen molar-refractivity contribution >= 4 is 0 Å². The number of nitriles is 1. The van der Waals surface area contributed by atoms with Gasteiger partial charge in [-0.05, 0) is 19.1 Å². The molecule has 0 saturated carbocycles. The van der Waals surface area contributed by atoms with E-state index in [-0.39, 0.29) is 23.6 Å². The van der Waals surface area contributed by atoms with Crippen molar-refractivity contribution in [3.63, 3.8) is 0 Å². The van der Waals surface area contributed by atoms with Gasteiger partial charge in [0.1, 0.15) is 11.6 Å². The van der Waals surface area contributed by atoms with Gasteiger partial charge < -0.3 is 9.09 Å². The van der Waals surface area contributed by atoms with Gasteiger partial charge in [-0.25, -0.2) is 0 Å². The van der Waals surface area contributed by atoms with Crippen LogP contribution in [0.5, 0.6) is 0 Å². The number of rotatable bonds is 3. The molecule has 0 amide bonds. The molecule has 98 valence electrons. The van der Waals surface area contributed by atoms with E-state index in [4.69, 9.17) is 9.78 Å². The Morgan fingerprint density at radius 2 is 2.21 bits per heavy atom. The summed E-state index contributed by atoms with van der Waals surface area (Å²) < 4.78 is 6.56. The summed E-state index contributed by atoms with van der Waals surface area (Å²) >= 11 is 0. The van der Waals surface area contributed by atoms with Gasteiger partial charge in [-0.15, -0.1) is 0 Å². The number of hydrogen-bond acceptors (Lipinski definition) is 5. The van der Waals surface area contributed by atoms with Gasteiger partial charge in [-0.2, -0.15) is 10.2 Å². The van der Waals surface area contributed by atoms with Crippen LogP contribution in [0, 0.1) is 18.3 Å². The highest BCUT2D eigenvalue weighted by atomic mass is 16.5. The van der Waals surface area contributed by atoms with E-state index >= 15 is 0 Å². The Morgan fingerprint density at radius 3 is 2.79 bits per heavy atom. The van der Waals surface area contributed by atoms with Crippen molar-refractivity contribution in [1.29, 1.82) is 5.26 Å². The third-order valence-corrected chi connectivity index (χ3v) is 2.79. The lowest BCUT2D eigenvalue weighted by Gasteiger charge is -2.06. The fourth-order valence-electron chi connectivity index (χ4n) is 1.66. The van der Waals surface area contributed by atoms with Crippen LogP contribution in [0.3, 0.4) is 0 Å². The zero-order chi connectivity index (χ0) is 14.0. The Bertz CT molecular complexity index is 691. The van der Waals surface area contributed by atoms with Gasteiger partial charge in [0.2, 0.25) is 5.89 Å². The van der Waals surface area contributed by atoms with Crippen LogP contribution in [-0.4, -0.2) is 14.7 Å². The smallest absolute Gasteiger partial charge is 0.269 e. The monoisotopic (exact) mass is 258 g/mol. The molecular weight excluding hydrogens is 244 g/mol. The molecule has 0 spiro atoms. The maximum atomic E-state index is 12.0. The quantitative estimate of drug-likeness (QED) is 0.834. The van der Waals surface area contributed by atoms with Crippen molar-refractivity contribution in [2.24, 2.45) is 0 Å². The molecule has 0 N–H and O–H groups in total.